The number of carbonyl (C=O) groups excluding carboxylic acids is 2. The van der Waals surface area contributed by atoms with E-state index in [1.807, 2.05) is 35.1 Å². The Labute approximate surface area is 245 Å². The van der Waals surface area contributed by atoms with E-state index in [9.17, 15) is 32.5 Å². The average Bonchev–Trinajstić information content (AvgIpc) is 2.99. The topological polar surface area (TPSA) is 145 Å². The Morgan fingerprint density at radius 1 is 0.952 bits per heavy atom. The fraction of sp³-hybridized carbons (Fsp3) is 0.103. The van der Waals surface area contributed by atoms with Crippen molar-refractivity contribution in [2.45, 2.75) is 15.8 Å². The van der Waals surface area contributed by atoms with E-state index in [1.54, 1.807) is 24.3 Å². The number of benzene rings is 4. The lowest BCUT2D eigenvalue weighted by atomic mass is 10.0. The highest BCUT2D eigenvalue weighted by Gasteiger charge is 2.27. The van der Waals surface area contributed by atoms with Gasteiger partial charge in [0.2, 0.25) is 0 Å². The SMILES string of the molecule is COC(=O)C(CSc1ccccc1)Nc1ccc(S(=O)(=O)NC(=O)c2ccc(-c3ccc(F)cc3)cc2)cc1[N+](=O)[O-]. The molecule has 0 radical (unpaired) electrons. The van der Waals surface area contributed by atoms with Crippen LogP contribution in [0.25, 0.3) is 11.1 Å². The number of hydrogen-bond acceptors (Lipinski definition) is 9. The van der Waals surface area contributed by atoms with E-state index in [4.69, 9.17) is 4.74 Å². The van der Waals surface area contributed by atoms with Gasteiger partial charge in [0.1, 0.15) is 17.5 Å². The summed E-state index contributed by atoms with van der Waals surface area (Å²) in [7, 11) is -3.32. The highest BCUT2D eigenvalue weighted by molar-refractivity contribution is 7.99. The normalized spacial score (nSPS) is 11.8. The molecule has 0 aliphatic rings. The van der Waals surface area contributed by atoms with Crippen molar-refractivity contribution < 1.29 is 32.1 Å². The van der Waals surface area contributed by atoms with Crippen molar-refractivity contribution in [2.24, 2.45) is 0 Å². The Morgan fingerprint density at radius 2 is 1.57 bits per heavy atom. The van der Waals surface area contributed by atoms with Gasteiger partial charge in [0.25, 0.3) is 21.6 Å². The molecule has 10 nitrogen and oxygen atoms in total. The first kappa shape index (κ1) is 30.2. The average molecular weight is 610 g/mol. The molecule has 4 aromatic carbocycles. The number of hydrogen-bond donors (Lipinski definition) is 2. The number of esters is 1. The number of ether oxygens (including phenoxy) is 1. The summed E-state index contributed by atoms with van der Waals surface area (Å²) >= 11 is 1.33. The van der Waals surface area contributed by atoms with Gasteiger partial charge in [-0.3, -0.25) is 14.9 Å². The number of carbonyl (C=O) groups is 2. The van der Waals surface area contributed by atoms with Crippen molar-refractivity contribution >= 4 is 45.0 Å². The lowest BCUT2D eigenvalue weighted by Gasteiger charge is -2.18. The van der Waals surface area contributed by atoms with Crippen molar-refractivity contribution in [3.8, 4) is 11.1 Å². The molecule has 42 heavy (non-hydrogen) atoms. The van der Waals surface area contributed by atoms with Crippen LogP contribution in [0.2, 0.25) is 0 Å². The highest BCUT2D eigenvalue weighted by atomic mass is 32.2. The minimum Gasteiger partial charge on any atom is -0.467 e. The molecule has 0 saturated heterocycles. The summed E-state index contributed by atoms with van der Waals surface area (Å²) in [6, 6.07) is 22.9. The van der Waals surface area contributed by atoms with Gasteiger partial charge in [-0.1, -0.05) is 42.5 Å². The van der Waals surface area contributed by atoms with Crippen LogP contribution >= 0.6 is 11.8 Å². The Bertz CT molecular complexity index is 1700. The molecule has 2 N–H and O–H groups in total. The first-order valence-electron chi connectivity index (χ1n) is 12.3. The van der Waals surface area contributed by atoms with Crippen LogP contribution in [0.5, 0.6) is 0 Å². The van der Waals surface area contributed by atoms with Crippen LogP contribution in [-0.4, -0.2) is 44.1 Å². The van der Waals surface area contributed by atoms with Gasteiger partial charge in [0.15, 0.2) is 0 Å². The van der Waals surface area contributed by atoms with E-state index in [0.29, 0.717) is 11.1 Å². The summed E-state index contributed by atoms with van der Waals surface area (Å²) in [6.45, 7) is 0. The second-order valence-corrected chi connectivity index (χ2v) is 11.6. The Balaban J connectivity index is 1.51. The molecule has 0 saturated carbocycles. The monoisotopic (exact) mass is 609 g/mol. The van der Waals surface area contributed by atoms with E-state index < -0.39 is 49.3 Å². The third kappa shape index (κ3) is 7.50. The molecule has 4 aromatic rings. The number of amides is 1. The quantitative estimate of drug-likeness (QED) is 0.101. The molecule has 13 heteroatoms. The molecular weight excluding hydrogens is 585 g/mol. The minimum absolute atomic E-state index is 0.0223. The zero-order valence-electron chi connectivity index (χ0n) is 22.0. The first-order valence-corrected chi connectivity index (χ1v) is 14.8. The maximum Gasteiger partial charge on any atom is 0.329 e. The van der Waals surface area contributed by atoms with Gasteiger partial charge >= 0.3 is 5.97 Å². The van der Waals surface area contributed by atoms with E-state index in [1.165, 1.54) is 43.1 Å². The van der Waals surface area contributed by atoms with E-state index >= 15 is 0 Å². The minimum atomic E-state index is -4.51. The number of thioether (sulfide) groups is 1. The summed E-state index contributed by atoms with van der Waals surface area (Å²) in [5.74, 6) is -1.84. The first-order chi connectivity index (χ1) is 20.1. The van der Waals surface area contributed by atoms with Gasteiger partial charge in [0.05, 0.1) is 16.9 Å². The number of anilines is 1. The van der Waals surface area contributed by atoms with E-state index in [-0.39, 0.29) is 17.0 Å². The molecule has 4 rings (SSSR count). The fourth-order valence-corrected chi connectivity index (χ4v) is 5.76. The molecule has 0 spiro atoms. The zero-order chi connectivity index (χ0) is 30.3. The standard InChI is InChI=1S/C29H24FN3O7S2/c1-40-29(35)26(18-41-23-5-3-2-4-6-23)31-25-16-15-24(17-27(25)33(36)37)42(38,39)32-28(34)21-9-7-19(8-10-21)20-11-13-22(30)14-12-20/h2-17,26,31H,18H2,1H3,(H,32,34). The maximum atomic E-state index is 13.2. The Kier molecular flexibility index (Phi) is 9.55. The number of rotatable bonds is 11. The van der Waals surface area contributed by atoms with Crippen LogP contribution in [0, 0.1) is 15.9 Å². The third-order valence-electron chi connectivity index (χ3n) is 6.00. The molecule has 1 unspecified atom stereocenters. The predicted molar refractivity (Wildman–Crippen MR) is 156 cm³/mol. The molecule has 0 fully saturated rings. The van der Waals surface area contributed by atoms with Crippen molar-refractivity contribution in [1.82, 2.24) is 4.72 Å². The summed E-state index contributed by atoms with van der Waals surface area (Å²) in [5.41, 5.74) is 0.679. The van der Waals surface area contributed by atoms with Gasteiger partial charge in [-0.2, -0.15) is 0 Å². The van der Waals surface area contributed by atoms with Crippen LogP contribution in [0.1, 0.15) is 10.4 Å². The number of methoxy groups -OCH3 is 1. The molecule has 216 valence electrons. The van der Waals surface area contributed by atoms with Crippen LogP contribution in [0.3, 0.4) is 0 Å². The van der Waals surface area contributed by atoms with Crippen LogP contribution in [0.4, 0.5) is 15.8 Å². The second-order valence-electron chi connectivity index (χ2n) is 8.80. The highest BCUT2D eigenvalue weighted by Crippen LogP contribution is 2.30. The lowest BCUT2D eigenvalue weighted by molar-refractivity contribution is -0.384. The van der Waals surface area contributed by atoms with E-state index in [2.05, 4.69) is 5.32 Å². The van der Waals surface area contributed by atoms with Crippen molar-refractivity contribution in [3.63, 3.8) is 0 Å². The van der Waals surface area contributed by atoms with Crippen molar-refractivity contribution in [2.75, 3.05) is 18.2 Å². The third-order valence-corrected chi connectivity index (χ3v) is 8.44. The number of sulfonamides is 1. The Morgan fingerprint density at radius 3 is 2.17 bits per heavy atom. The largest absolute Gasteiger partial charge is 0.467 e. The molecule has 0 heterocycles. The van der Waals surface area contributed by atoms with Crippen molar-refractivity contribution in [1.29, 1.82) is 0 Å². The van der Waals surface area contributed by atoms with Crippen molar-refractivity contribution in [3.05, 3.63) is 119 Å². The van der Waals surface area contributed by atoms with Crippen LogP contribution in [-0.2, 0) is 19.6 Å². The number of halogens is 1. The van der Waals surface area contributed by atoms with Gasteiger partial charge in [-0.25, -0.2) is 22.3 Å². The van der Waals surface area contributed by atoms with Crippen LogP contribution < -0.4 is 10.0 Å². The summed E-state index contributed by atoms with van der Waals surface area (Å²) in [6.07, 6.45) is 0. The zero-order valence-corrected chi connectivity index (χ0v) is 23.7. The predicted octanol–water partition coefficient (Wildman–Crippen LogP) is 5.27. The molecular formula is C29H24FN3O7S2. The number of nitro benzene ring substituents is 1. The van der Waals surface area contributed by atoms with Gasteiger partial charge in [-0.15, -0.1) is 11.8 Å². The lowest BCUT2D eigenvalue weighted by Crippen LogP contribution is -2.33. The smallest absolute Gasteiger partial charge is 0.329 e. The number of nitro groups is 1. The molecule has 0 aromatic heterocycles. The van der Waals surface area contributed by atoms with Crippen LogP contribution in [0.15, 0.2) is 107 Å². The molecule has 0 bridgehead atoms. The molecule has 0 aliphatic heterocycles. The Hall–Kier alpha value is -4.75. The summed E-state index contributed by atoms with van der Waals surface area (Å²) in [5, 5.41) is 14.6. The fourth-order valence-electron chi connectivity index (χ4n) is 3.84. The molecule has 0 aliphatic carbocycles. The van der Waals surface area contributed by atoms with Gasteiger partial charge in [-0.05, 0) is 59.7 Å². The van der Waals surface area contributed by atoms with Gasteiger partial charge in [0, 0.05) is 22.3 Å². The summed E-state index contributed by atoms with van der Waals surface area (Å²) in [4.78, 5) is 36.5. The molecule has 1 atom stereocenters. The van der Waals surface area contributed by atoms with E-state index in [0.717, 1.165) is 23.1 Å². The maximum absolute atomic E-state index is 13.2. The number of nitrogens with zero attached hydrogens (tertiary/aromatic N) is 1. The summed E-state index contributed by atoms with van der Waals surface area (Å²) < 4.78 is 45.9. The second kappa shape index (κ2) is 13.3. The number of nitrogens with one attached hydrogen (secondary N) is 2. The van der Waals surface area contributed by atoms with Gasteiger partial charge < -0.3 is 10.1 Å². The molecule has 1 amide bonds.